The summed E-state index contributed by atoms with van der Waals surface area (Å²) in [5, 5.41) is 9.27. The number of aromatic nitrogens is 1. The molecule has 1 aromatic heterocycles. The molecule has 1 N–H and O–H groups in total. The third-order valence-corrected chi connectivity index (χ3v) is 20.1. The highest BCUT2D eigenvalue weighted by atomic mass is 15.2. The van der Waals surface area contributed by atoms with Crippen LogP contribution in [0.15, 0.2) is 200 Å². The SMILES string of the molecule is CC1(C)CCC(C)(C)c2cc(Nc3cc(N(c4ccccc4)c4ccccc4)ccc3-c3cc(N4c5ccccc5C(C)(C)c5ccccc54)c4c5c6ccccc6ccc5n5c4c3[B]c3cc4c(cc3-5)C(C)(C)CCC4(C)C)ccc21. The highest BCUT2D eigenvalue weighted by molar-refractivity contribution is 6.74. The molecule has 0 saturated carbocycles. The van der Waals surface area contributed by atoms with E-state index in [9.17, 15) is 0 Å². The van der Waals surface area contributed by atoms with Crippen molar-refractivity contribution in [2.45, 2.75) is 122 Å². The Morgan fingerprint density at radius 2 is 0.976 bits per heavy atom. The van der Waals surface area contributed by atoms with Gasteiger partial charge in [-0.3, -0.25) is 0 Å². The van der Waals surface area contributed by atoms with Gasteiger partial charge in [-0.25, -0.2) is 0 Å². The molecule has 11 aromatic rings. The molecule has 0 saturated heterocycles. The standard InChI is InChI=1S/C77H72BN4/c1-73(2)39-40-74(3,4)59-43-49(34-37-56(59)73)79-63-44-52(80(50-24-13-11-14-25-50)51-26-15-12-16-27-51)35-36-54(63)55-45-68(81-64-31-21-19-29-57(64)77(9,10)58-30-20-22-32-65(58)81)70-69-53-28-18-17-23-48(53)33-38-66(69)82-67-47-61-60(46-62(67)78-71(55)72(70)82)75(5,6)41-42-76(61,7)8/h11-38,43-47,79H,39-42H2,1-10H3. The van der Waals surface area contributed by atoms with Crippen molar-refractivity contribution in [1.29, 1.82) is 0 Å². The molecule has 2 aliphatic carbocycles. The normalized spacial score (nSPS) is 17.3. The summed E-state index contributed by atoms with van der Waals surface area (Å²) < 4.78 is 2.68. The molecule has 0 atom stereocenters. The zero-order valence-electron chi connectivity index (χ0n) is 49.3. The lowest BCUT2D eigenvalue weighted by atomic mass is 9.55. The van der Waals surface area contributed by atoms with E-state index in [2.05, 4.69) is 296 Å². The van der Waals surface area contributed by atoms with Gasteiger partial charge in [0.15, 0.2) is 7.28 Å². The molecule has 0 spiro atoms. The van der Waals surface area contributed by atoms with Gasteiger partial charge in [-0.05, 0) is 181 Å². The summed E-state index contributed by atoms with van der Waals surface area (Å²) in [7, 11) is 2.57. The van der Waals surface area contributed by atoms with Gasteiger partial charge in [-0.1, -0.05) is 196 Å². The van der Waals surface area contributed by atoms with Gasteiger partial charge in [0.05, 0.1) is 28.1 Å². The lowest BCUT2D eigenvalue weighted by Crippen LogP contribution is -2.41. The molecular weight excluding hydrogens is 992 g/mol. The van der Waals surface area contributed by atoms with Gasteiger partial charge >= 0.3 is 0 Å². The third-order valence-electron chi connectivity index (χ3n) is 20.1. The summed E-state index contributed by atoms with van der Waals surface area (Å²) in [6, 6.07) is 76.0. The van der Waals surface area contributed by atoms with Crippen molar-refractivity contribution >= 4 is 96.3 Å². The Morgan fingerprint density at radius 3 is 1.62 bits per heavy atom. The lowest BCUT2D eigenvalue weighted by Gasteiger charge is -2.43. The zero-order valence-corrected chi connectivity index (χ0v) is 49.3. The highest BCUT2D eigenvalue weighted by Gasteiger charge is 2.43. The number of rotatable bonds is 7. The Bertz CT molecular complexity index is 4350. The minimum atomic E-state index is -0.237. The minimum absolute atomic E-state index is 0.0211. The summed E-state index contributed by atoms with van der Waals surface area (Å²) in [6.07, 6.45) is 4.61. The molecule has 0 bridgehead atoms. The largest absolute Gasteiger partial charge is 0.355 e. The Labute approximate surface area is 485 Å². The Kier molecular flexibility index (Phi) is 11.0. The van der Waals surface area contributed by atoms with E-state index >= 15 is 0 Å². The summed E-state index contributed by atoms with van der Waals surface area (Å²) in [6.45, 7) is 24.4. The maximum absolute atomic E-state index is 4.23. The second-order valence-corrected chi connectivity index (χ2v) is 27.3. The van der Waals surface area contributed by atoms with Crippen molar-refractivity contribution in [2.75, 3.05) is 15.1 Å². The molecule has 0 unspecified atom stereocenters. The van der Waals surface area contributed by atoms with Gasteiger partial charge in [0.25, 0.3) is 0 Å². The van der Waals surface area contributed by atoms with Gasteiger partial charge in [0, 0.05) is 55.9 Å². The van der Waals surface area contributed by atoms with Gasteiger partial charge in [0.1, 0.15) is 0 Å². The van der Waals surface area contributed by atoms with E-state index in [0.29, 0.717) is 0 Å². The highest BCUT2D eigenvalue weighted by Crippen LogP contribution is 2.57. The number of para-hydroxylation sites is 4. The van der Waals surface area contributed by atoms with E-state index in [4.69, 9.17) is 0 Å². The van der Waals surface area contributed by atoms with Crippen molar-refractivity contribution in [2.24, 2.45) is 0 Å². The van der Waals surface area contributed by atoms with Crippen LogP contribution in [0.5, 0.6) is 0 Å². The number of hydrogen-bond donors (Lipinski definition) is 1. The molecule has 2 aliphatic heterocycles. The van der Waals surface area contributed by atoms with Gasteiger partial charge < -0.3 is 19.7 Å². The average Bonchev–Trinajstić information content (AvgIpc) is 2.69. The number of nitrogens with zero attached hydrogens (tertiary/aromatic N) is 3. The molecule has 0 fully saturated rings. The topological polar surface area (TPSA) is 23.4 Å². The molecule has 10 aromatic carbocycles. The van der Waals surface area contributed by atoms with Crippen LogP contribution in [0.2, 0.25) is 0 Å². The molecule has 15 rings (SSSR count). The van der Waals surface area contributed by atoms with Gasteiger partial charge in [-0.2, -0.15) is 0 Å². The molecule has 4 aliphatic rings. The van der Waals surface area contributed by atoms with Crippen molar-refractivity contribution < 1.29 is 0 Å². The van der Waals surface area contributed by atoms with Crippen LogP contribution in [0.3, 0.4) is 0 Å². The number of nitrogens with one attached hydrogen (secondary N) is 1. The van der Waals surface area contributed by atoms with Crippen LogP contribution in [-0.4, -0.2) is 11.8 Å². The van der Waals surface area contributed by atoms with E-state index in [1.54, 1.807) is 0 Å². The van der Waals surface area contributed by atoms with E-state index in [0.717, 1.165) is 53.3 Å². The Hall–Kier alpha value is -8.28. The molecule has 3 heterocycles. The molecule has 0 amide bonds. The number of fused-ring (bicyclic) bond motifs is 11. The summed E-state index contributed by atoms with van der Waals surface area (Å²) >= 11 is 0. The third kappa shape index (κ3) is 7.57. The molecule has 1 radical (unpaired) electrons. The second kappa shape index (κ2) is 17.9. The summed E-state index contributed by atoms with van der Waals surface area (Å²) in [4.78, 5) is 5.02. The smallest absolute Gasteiger partial charge is 0.197 e. The van der Waals surface area contributed by atoms with E-state index < -0.39 is 0 Å². The van der Waals surface area contributed by atoms with Crippen LogP contribution in [-0.2, 0) is 27.1 Å². The van der Waals surface area contributed by atoms with E-state index in [1.807, 2.05) is 0 Å². The number of hydrogen-bond acceptors (Lipinski definition) is 3. The van der Waals surface area contributed by atoms with E-state index in [1.165, 1.54) is 112 Å². The maximum atomic E-state index is 4.23. The average molecular weight is 1060 g/mol. The quantitative estimate of drug-likeness (QED) is 0.161. The molecule has 403 valence electrons. The van der Waals surface area contributed by atoms with Gasteiger partial charge in [0.2, 0.25) is 0 Å². The van der Waals surface area contributed by atoms with Crippen LogP contribution < -0.4 is 26.0 Å². The maximum Gasteiger partial charge on any atom is 0.197 e. The van der Waals surface area contributed by atoms with Crippen LogP contribution >= 0.6 is 0 Å². The minimum Gasteiger partial charge on any atom is -0.355 e. The monoisotopic (exact) mass is 1060 g/mol. The fraction of sp³-hybridized carbons (Fsp3) is 0.247. The molecule has 4 nitrogen and oxygen atoms in total. The number of benzene rings is 10. The van der Waals surface area contributed by atoms with E-state index in [-0.39, 0.29) is 27.1 Å². The van der Waals surface area contributed by atoms with Gasteiger partial charge in [-0.15, -0.1) is 0 Å². The van der Waals surface area contributed by atoms with Crippen LogP contribution in [0.25, 0.3) is 49.4 Å². The number of anilines is 8. The lowest BCUT2D eigenvalue weighted by molar-refractivity contribution is 0.332. The van der Waals surface area contributed by atoms with Crippen molar-refractivity contribution in [3.63, 3.8) is 0 Å². The molecule has 5 heteroatoms. The van der Waals surface area contributed by atoms with Crippen molar-refractivity contribution in [3.8, 4) is 16.8 Å². The van der Waals surface area contributed by atoms with Crippen molar-refractivity contribution in [1.82, 2.24) is 4.57 Å². The Morgan fingerprint density at radius 1 is 0.415 bits per heavy atom. The fourth-order valence-corrected chi connectivity index (χ4v) is 15.2. The molecular formula is C77H72BN4. The molecule has 82 heavy (non-hydrogen) atoms. The first-order valence-electron chi connectivity index (χ1n) is 29.9. The fourth-order valence-electron chi connectivity index (χ4n) is 15.2. The zero-order chi connectivity index (χ0) is 56.2. The van der Waals surface area contributed by atoms with Crippen LogP contribution in [0.4, 0.5) is 45.5 Å². The summed E-state index contributed by atoms with van der Waals surface area (Å²) in [5.41, 5.74) is 25.9. The second-order valence-electron chi connectivity index (χ2n) is 27.3. The van der Waals surface area contributed by atoms with Crippen molar-refractivity contribution in [3.05, 3.63) is 234 Å². The summed E-state index contributed by atoms with van der Waals surface area (Å²) in [5.74, 6) is 0. The predicted octanol–water partition coefficient (Wildman–Crippen LogP) is 19.6. The first-order valence-corrected chi connectivity index (χ1v) is 29.9. The van der Waals surface area contributed by atoms with Crippen LogP contribution in [0.1, 0.15) is 128 Å². The Balaban J connectivity index is 1.09. The first kappa shape index (κ1) is 50.7. The first-order chi connectivity index (χ1) is 39.4. The predicted molar refractivity (Wildman–Crippen MR) is 351 cm³/mol. The van der Waals surface area contributed by atoms with Crippen LogP contribution in [0, 0.1) is 0 Å².